The lowest BCUT2D eigenvalue weighted by atomic mass is 10.1. The first kappa shape index (κ1) is 15.4. The first-order valence-electron chi connectivity index (χ1n) is 5.80. The monoisotopic (exact) mass is 310 g/mol. The van der Waals surface area contributed by atoms with Gasteiger partial charge in [-0.15, -0.1) is 0 Å². The maximum Gasteiger partial charge on any atom is 0.507 e. The molecule has 1 aromatic carbocycles. The summed E-state index contributed by atoms with van der Waals surface area (Å²) < 4.78 is 64.2. The van der Waals surface area contributed by atoms with Crippen LogP contribution in [0.3, 0.4) is 0 Å². The van der Waals surface area contributed by atoms with E-state index < -0.39 is 35.8 Å². The molecule has 1 atom stereocenters. The summed E-state index contributed by atoms with van der Waals surface area (Å²) >= 11 is 0. The van der Waals surface area contributed by atoms with Crippen LogP contribution >= 0.6 is 0 Å². The van der Waals surface area contributed by atoms with E-state index in [2.05, 4.69) is 14.2 Å². The second-order valence-electron chi connectivity index (χ2n) is 4.10. The van der Waals surface area contributed by atoms with Gasteiger partial charge < -0.3 is 19.3 Å². The molecule has 1 aliphatic heterocycles. The van der Waals surface area contributed by atoms with E-state index in [0.717, 1.165) is 18.2 Å². The molecule has 5 nitrogen and oxygen atoms in total. The molecule has 1 unspecified atom stereocenters. The fraction of sp³-hybridized carbons (Fsp3) is 0.417. The fourth-order valence-electron chi connectivity index (χ4n) is 1.61. The molecule has 0 amide bonds. The summed E-state index contributed by atoms with van der Waals surface area (Å²) in [4.78, 5) is 11.3. The van der Waals surface area contributed by atoms with Crippen LogP contribution in [0.25, 0.3) is 0 Å². The van der Waals surface area contributed by atoms with Crippen molar-refractivity contribution in [3.05, 3.63) is 23.8 Å². The molecule has 21 heavy (non-hydrogen) atoms. The molecule has 116 valence electrons. The number of hydrogen-bond donors (Lipinski definition) is 1. The van der Waals surface area contributed by atoms with Crippen molar-refractivity contribution in [1.29, 1.82) is 0 Å². The van der Waals surface area contributed by atoms with Crippen molar-refractivity contribution in [2.24, 2.45) is 0 Å². The lowest BCUT2D eigenvalue weighted by Gasteiger charge is -2.32. The number of halogens is 4. The van der Waals surface area contributed by atoms with Gasteiger partial charge in [-0.25, -0.2) is 4.79 Å². The summed E-state index contributed by atoms with van der Waals surface area (Å²) in [6.07, 6.45) is -11.4. The zero-order chi connectivity index (χ0) is 15.8. The molecule has 0 aromatic heterocycles. The Morgan fingerprint density at radius 1 is 1.24 bits per heavy atom. The smallest absolute Gasteiger partial charge is 0.464 e. The number of ether oxygens (including phenoxy) is 3. The molecular formula is C12H10F4O5. The minimum atomic E-state index is -4.87. The van der Waals surface area contributed by atoms with Gasteiger partial charge in [-0.2, -0.15) is 17.6 Å². The van der Waals surface area contributed by atoms with Gasteiger partial charge in [-0.1, -0.05) is 6.07 Å². The SMILES string of the molecule is CCOC(=O)C(O)c1ccc2c(c1)OC(F)(F)C(F)(F)O2. The van der Waals surface area contributed by atoms with Crippen LogP contribution < -0.4 is 9.47 Å². The third-order valence-corrected chi connectivity index (χ3v) is 2.61. The van der Waals surface area contributed by atoms with E-state index >= 15 is 0 Å². The van der Waals surface area contributed by atoms with Crippen LogP contribution in [0.15, 0.2) is 18.2 Å². The molecule has 0 radical (unpaired) electrons. The average Bonchev–Trinajstić information content (AvgIpc) is 2.38. The van der Waals surface area contributed by atoms with Crippen LogP contribution in [0.1, 0.15) is 18.6 Å². The predicted octanol–water partition coefficient (Wildman–Crippen LogP) is 2.24. The van der Waals surface area contributed by atoms with Gasteiger partial charge in [0.1, 0.15) is 0 Å². The Balaban J connectivity index is 2.31. The van der Waals surface area contributed by atoms with Crippen LogP contribution in [0.4, 0.5) is 17.6 Å². The van der Waals surface area contributed by atoms with Crippen LogP contribution in [0.2, 0.25) is 0 Å². The van der Waals surface area contributed by atoms with Gasteiger partial charge in [0.15, 0.2) is 17.6 Å². The number of aliphatic hydroxyl groups is 1. The highest BCUT2D eigenvalue weighted by molar-refractivity contribution is 5.76. The summed E-state index contributed by atoms with van der Waals surface area (Å²) in [6, 6.07) is 2.75. The average molecular weight is 310 g/mol. The predicted molar refractivity (Wildman–Crippen MR) is 59.2 cm³/mol. The van der Waals surface area contributed by atoms with E-state index in [0.29, 0.717) is 0 Å². The number of aliphatic hydroxyl groups excluding tert-OH is 1. The molecule has 0 aliphatic carbocycles. The van der Waals surface area contributed by atoms with Crippen molar-refractivity contribution in [2.75, 3.05) is 6.61 Å². The van der Waals surface area contributed by atoms with E-state index in [1.54, 1.807) is 0 Å². The zero-order valence-corrected chi connectivity index (χ0v) is 10.6. The zero-order valence-electron chi connectivity index (χ0n) is 10.6. The van der Waals surface area contributed by atoms with E-state index in [-0.39, 0.29) is 12.2 Å². The first-order chi connectivity index (χ1) is 9.68. The molecule has 0 saturated carbocycles. The van der Waals surface area contributed by atoms with Crippen LogP contribution in [-0.4, -0.2) is 29.9 Å². The molecule has 0 saturated heterocycles. The Bertz CT molecular complexity index is 561. The maximum atomic E-state index is 13.0. The largest absolute Gasteiger partial charge is 0.507 e. The Kier molecular flexibility index (Phi) is 3.70. The number of carbonyl (C=O) groups is 1. The molecule has 1 heterocycles. The minimum Gasteiger partial charge on any atom is -0.464 e. The lowest BCUT2D eigenvalue weighted by molar-refractivity contribution is -0.391. The molecule has 0 fully saturated rings. The van der Waals surface area contributed by atoms with Crippen LogP contribution in [-0.2, 0) is 9.53 Å². The van der Waals surface area contributed by atoms with Gasteiger partial charge in [0.05, 0.1) is 6.61 Å². The standard InChI is InChI=1S/C12H10F4O5/c1-2-19-10(18)9(17)6-3-4-7-8(5-6)21-12(15,16)11(13,14)20-7/h3-5,9,17H,2H2,1H3. The molecule has 1 aromatic rings. The number of hydrogen-bond acceptors (Lipinski definition) is 5. The van der Waals surface area contributed by atoms with Gasteiger partial charge in [-0.05, 0) is 24.6 Å². The topological polar surface area (TPSA) is 65.0 Å². The van der Waals surface area contributed by atoms with Crippen molar-refractivity contribution < 1.29 is 41.7 Å². The molecule has 1 aliphatic rings. The molecular weight excluding hydrogens is 300 g/mol. The third kappa shape index (κ3) is 2.73. The Morgan fingerprint density at radius 3 is 2.38 bits per heavy atom. The number of alkyl halides is 4. The molecule has 2 rings (SSSR count). The van der Waals surface area contributed by atoms with Crippen LogP contribution in [0.5, 0.6) is 11.5 Å². The quantitative estimate of drug-likeness (QED) is 0.685. The van der Waals surface area contributed by atoms with E-state index in [1.807, 2.05) is 0 Å². The summed E-state index contributed by atoms with van der Waals surface area (Å²) in [5.74, 6) is -2.36. The van der Waals surface area contributed by atoms with Gasteiger partial charge in [0, 0.05) is 0 Å². The lowest BCUT2D eigenvalue weighted by Crippen LogP contribution is -2.52. The highest BCUT2D eigenvalue weighted by atomic mass is 19.3. The molecule has 0 spiro atoms. The van der Waals surface area contributed by atoms with Crippen molar-refractivity contribution in [2.45, 2.75) is 25.2 Å². The van der Waals surface area contributed by atoms with Gasteiger partial charge in [0.25, 0.3) is 0 Å². The second-order valence-corrected chi connectivity index (χ2v) is 4.10. The van der Waals surface area contributed by atoms with Gasteiger partial charge in [-0.3, -0.25) is 0 Å². The summed E-state index contributed by atoms with van der Waals surface area (Å²) in [5, 5.41) is 9.65. The molecule has 0 bridgehead atoms. The van der Waals surface area contributed by atoms with Gasteiger partial charge in [0.2, 0.25) is 0 Å². The van der Waals surface area contributed by atoms with Gasteiger partial charge >= 0.3 is 18.2 Å². The van der Waals surface area contributed by atoms with Crippen molar-refractivity contribution in [3.63, 3.8) is 0 Å². The highest BCUT2D eigenvalue weighted by Crippen LogP contribution is 2.47. The fourth-order valence-corrected chi connectivity index (χ4v) is 1.61. The third-order valence-electron chi connectivity index (χ3n) is 2.61. The van der Waals surface area contributed by atoms with Crippen LogP contribution in [0, 0.1) is 0 Å². The number of carbonyl (C=O) groups excluding carboxylic acids is 1. The summed E-state index contributed by atoms with van der Waals surface area (Å²) in [7, 11) is 0. The van der Waals surface area contributed by atoms with Crippen molar-refractivity contribution in [1.82, 2.24) is 0 Å². The minimum absolute atomic E-state index is 0.00470. The number of esters is 1. The molecule has 9 heteroatoms. The first-order valence-corrected chi connectivity index (χ1v) is 5.80. The Labute approximate surface area is 116 Å². The summed E-state index contributed by atoms with van der Waals surface area (Å²) in [5.41, 5.74) is -0.156. The van der Waals surface area contributed by atoms with E-state index in [9.17, 15) is 27.5 Å². The van der Waals surface area contributed by atoms with Crippen molar-refractivity contribution >= 4 is 5.97 Å². The number of benzene rings is 1. The summed E-state index contributed by atoms with van der Waals surface area (Å²) in [6.45, 7) is 1.52. The van der Waals surface area contributed by atoms with Crippen molar-refractivity contribution in [3.8, 4) is 11.5 Å². The normalized spacial score (nSPS) is 19.7. The second kappa shape index (κ2) is 5.06. The Morgan fingerprint density at radius 2 is 1.81 bits per heavy atom. The number of rotatable bonds is 3. The van der Waals surface area contributed by atoms with E-state index in [4.69, 9.17) is 0 Å². The maximum absolute atomic E-state index is 13.0. The van der Waals surface area contributed by atoms with E-state index in [1.165, 1.54) is 6.92 Å². The molecule has 1 N–H and O–H groups in total. The Hall–Kier alpha value is -2.03. The highest BCUT2D eigenvalue weighted by Gasteiger charge is 2.65. The number of fused-ring (bicyclic) bond motifs is 1.